The summed E-state index contributed by atoms with van der Waals surface area (Å²) in [6.07, 6.45) is 6.26. The fourth-order valence-corrected chi connectivity index (χ4v) is 7.21. The minimum Gasteiger partial charge on any atom is -0.356 e. The first-order valence-electron chi connectivity index (χ1n) is 11.6. The van der Waals surface area contributed by atoms with Crippen molar-refractivity contribution in [2.45, 2.75) is 51.4 Å². The van der Waals surface area contributed by atoms with Crippen LogP contribution in [-0.2, 0) is 11.3 Å². The molecule has 5 rings (SSSR count). The molecule has 12 heteroatoms. The van der Waals surface area contributed by atoms with E-state index in [4.69, 9.17) is 4.98 Å². The van der Waals surface area contributed by atoms with Gasteiger partial charge in [-0.05, 0) is 32.6 Å². The normalized spacial score (nSPS) is 23.1. The molecule has 0 bridgehead atoms. The predicted molar refractivity (Wildman–Crippen MR) is 131 cm³/mol. The average Bonchev–Trinajstić information content (AvgIpc) is 3.50. The molecule has 2 aliphatic heterocycles. The number of carbonyl (C=O) groups is 1. The smallest absolute Gasteiger partial charge is 0.245 e. The van der Waals surface area contributed by atoms with Crippen molar-refractivity contribution < 1.29 is 13.9 Å². The van der Waals surface area contributed by atoms with Crippen LogP contribution in [0.5, 0.6) is 0 Å². The van der Waals surface area contributed by atoms with E-state index in [9.17, 15) is 13.9 Å². The van der Waals surface area contributed by atoms with E-state index >= 15 is 0 Å². The van der Waals surface area contributed by atoms with Gasteiger partial charge in [-0.1, -0.05) is 6.92 Å². The second-order valence-corrected chi connectivity index (χ2v) is 11.4. The molecule has 11 nitrogen and oxygen atoms in total. The zero-order valence-electron chi connectivity index (χ0n) is 19.5. The van der Waals surface area contributed by atoms with Crippen molar-refractivity contribution in [3.05, 3.63) is 24.5 Å². The SMILES string of the molecule is CC[C@H](Nc1ncnc2c1nc(-c1cnc(C)nc1)n2CC)C(=O)N1C[C@@H]2CCS(O)(O)[C@H]2C1. The van der Waals surface area contributed by atoms with Gasteiger partial charge in [0.25, 0.3) is 0 Å². The van der Waals surface area contributed by atoms with Crippen molar-refractivity contribution in [1.29, 1.82) is 0 Å². The highest BCUT2D eigenvalue weighted by molar-refractivity contribution is 8.25. The zero-order valence-corrected chi connectivity index (χ0v) is 20.4. The summed E-state index contributed by atoms with van der Waals surface area (Å²) in [5.41, 5.74) is 2.03. The van der Waals surface area contributed by atoms with Crippen LogP contribution in [0, 0.1) is 12.8 Å². The number of nitrogens with zero attached hydrogens (tertiary/aromatic N) is 7. The third-order valence-corrected chi connectivity index (χ3v) is 9.21. The molecule has 3 aromatic heterocycles. The quantitative estimate of drug-likeness (QED) is 0.479. The highest BCUT2D eigenvalue weighted by Crippen LogP contribution is 2.57. The minimum atomic E-state index is -2.60. The van der Waals surface area contributed by atoms with Gasteiger partial charge in [-0.15, -0.1) is 0 Å². The van der Waals surface area contributed by atoms with Gasteiger partial charge in [0, 0.05) is 37.8 Å². The van der Waals surface area contributed by atoms with Crippen LogP contribution in [0.3, 0.4) is 0 Å². The van der Waals surface area contributed by atoms with Crippen molar-refractivity contribution >= 4 is 33.5 Å². The minimum absolute atomic E-state index is 0.0547. The molecule has 3 atom stereocenters. The van der Waals surface area contributed by atoms with E-state index in [2.05, 4.69) is 25.3 Å². The van der Waals surface area contributed by atoms with E-state index in [1.54, 1.807) is 17.3 Å². The highest BCUT2D eigenvalue weighted by atomic mass is 32.3. The summed E-state index contributed by atoms with van der Waals surface area (Å²) >= 11 is 0. The van der Waals surface area contributed by atoms with Crippen molar-refractivity contribution in [2.24, 2.45) is 5.92 Å². The van der Waals surface area contributed by atoms with Gasteiger partial charge in [-0.25, -0.2) is 24.9 Å². The number of hydrogen-bond donors (Lipinski definition) is 3. The fourth-order valence-electron chi connectivity index (χ4n) is 5.00. The van der Waals surface area contributed by atoms with Crippen molar-refractivity contribution in [1.82, 2.24) is 34.4 Å². The molecule has 0 unspecified atom stereocenters. The first-order valence-corrected chi connectivity index (χ1v) is 13.4. The Balaban J connectivity index is 1.42. The molecule has 182 valence electrons. The molecule has 0 saturated carbocycles. The van der Waals surface area contributed by atoms with Gasteiger partial charge in [0.2, 0.25) is 5.91 Å². The van der Waals surface area contributed by atoms with Crippen LogP contribution in [-0.4, -0.2) is 79.5 Å². The zero-order chi connectivity index (χ0) is 24.0. The Bertz CT molecular complexity index is 1210. The van der Waals surface area contributed by atoms with Gasteiger partial charge in [0.1, 0.15) is 24.0 Å². The van der Waals surface area contributed by atoms with Gasteiger partial charge in [-0.3, -0.25) is 13.9 Å². The summed E-state index contributed by atoms with van der Waals surface area (Å²) in [6, 6.07) is -0.503. The van der Waals surface area contributed by atoms with Gasteiger partial charge >= 0.3 is 0 Å². The summed E-state index contributed by atoms with van der Waals surface area (Å²) in [5, 5.41) is 3.08. The maximum atomic E-state index is 13.4. The number of aromatic nitrogens is 6. The van der Waals surface area contributed by atoms with Crippen molar-refractivity contribution in [2.75, 3.05) is 24.2 Å². The molecule has 2 saturated heterocycles. The standard InChI is InChI=1S/C22H30N8O3S/c1-4-16(22(31)29-10-14-6-7-34(32,33)17(14)11-29)27-19-18-21(26-12-25-19)30(5-2)20(28-18)15-8-23-13(3)24-9-15/h8-9,12,14,16-17,32-33H,4-7,10-11H2,1-3H3,(H,25,26,27)/t14-,16-,17-/m0/s1. The summed E-state index contributed by atoms with van der Waals surface area (Å²) in [6.45, 7) is 7.40. The molecule has 0 radical (unpaired) electrons. The van der Waals surface area contributed by atoms with Crippen LogP contribution >= 0.6 is 10.6 Å². The van der Waals surface area contributed by atoms with Crippen molar-refractivity contribution in [3.8, 4) is 11.4 Å². The number of fused-ring (bicyclic) bond motifs is 2. The number of hydrogen-bond acceptors (Lipinski definition) is 9. The Morgan fingerprint density at radius 3 is 2.65 bits per heavy atom. The number of nitrogens with one attached hydrogen (secondary N) is 1. The lowest BCUT2D eigenvalue weighted by Gasteiger charge is -2.34. The number of likely N-dealkylation sites (tertiary alicyclic amines) is 1. The third-order valence-electron chi connectivity index (χ3n) is 6.87. The van der Waals surface area contributed by atoms with E-state index in [1.165, 1.54) is 6.33 Å². The lowest BCUT2D eigenvalue weighted by atomic mass is 10.1. The first-order chi connectivity index (χ1) is 16.3. The number of carbonyl (C=O) groups excluding carboxylic acids is 1. The summed E-state index contributed by atoms with van der Waals surface area (Å²) < 4.78 is 22.6. The van der Waals surface area contributed by atoms with Crippen LogP contribution < -0.4 is 5.32 Å². The van der Waals surface area contributed by atoms with Crippen LogP contribution in [0.15, 0.2) is 18.7 Å². The molecule has 3 N–H and O–H groups in total. The van der Waals surface area contributed by atoms with Gasteiger partial charge in [-0.2, -0.15) is 10.6 Å². The summed E-state index contributed by atoms with van der Waals surface area (Å²) in [7, 11) is -2.60. The molecular formula is C22H30N8O3S. The number of amides is 1. The van der Waals surface area contributed by atoms with E-state index in [0.29, 0.717) is 60.4 Å². The van der Waals surface area contributed by atoms with E-state index in [-0.39, 0.29) is 17.1 Å². The fraction of sp³-hybridized carbons (Fsp3) is 0.545. The Morgan fingerprint density at radius 1 is 1.21 bits per heavy atom. The van der Waals surface area contributed by atoms with Crippen LogP contribution in [0.2, 0.25) is 0 Å². The van der Waals surface area contributed by atoms with Gasteiger partial charge in [0.15, 0.2) is 17.0 Å². The molecule has 3 aromatic rings. The molecule has 0 aromatic carbocycles. The molecular weight excluding hydrogens is 456 g/mol. The summed E-state index contributed by atoms with van der Waals surface area (Å²) in [4.78, 5) is 37.4. The number of anilines is 1. The second-order valence-electron chi connectivity index (χ2n) is 8.95. The lowest BCUT2D eigenvalue weighted by Crippen LogP contribution is -2.42. The lowest BCUT2D eigenvalue weighted by molar-refractivity contribution is -0.131. The van der Waals surface area contributed by atoms with E-state index in [0.717, 1.165) is 12.0 Å². The average molecular weight is 487 g/mol. The number of rotatable bonds is 6. The molecule has 0 spiro atoms. The van der Waals surface area contributed by atoms with Crippen LogP contribution in [0.4, 0.5) is 5.82 Å². The van der Waals surface area contributed by atoms with Gasteiger partial charge < -0.3 is 14.8 Å². The molecule has 2 fully saturated rings. The molecule has 34 heavy (non-hydrogen) atoms. The second kappa shape index (κ2) is 8.75. The van der Waals surface area contributed by atoms with E-state index in [1.807, 2.05) is 25.3 Å². The Kier molecular flexibility index (Phi) is 5.90. The Hall–Kier alpha value is -2.83. The van der Waals surface area contributed by atoms with Crippen LogP contribution in [0.1, 0.15) is 32.5 Å². The van der Waals surface area contributed by atoms with Gasteiger partial charge in [0.05, 0.1) is 10.8 Å². The molecule has 1 amide bonds. The highest BCUT2D eigenvalue weighted by Gasteiger charge is 2.48. The third kappa shape index (κ3) is 3.89. The Labute approximate surface area is 199 Å². The maximum Gasteiger partial charge on any atom is 0.245 e. The largest absolute Gasteiger partial charge is 0.356 e. The number of imidazole rings is 1. The summed E-state index contributed by atoms with van der Waals surface area (Å²) in [5.74, 6) is 2.43. The monoisotopic (exact) mass is 486 g/mol. The van der Waals surface area contributed by atoms with Crippen molar-refractivity contribution in [3.63, 3.8) is 0 Å². The molecule has 0 aliphatic carbocycles. The molecule has 5 heterocycles. The van der Waals surface area contributed by atoms with Crippen LogP contribution in [0.25, 0.3) is 22.6 Å². The van der Waals surface area contributed by atoms with E-state index < -0.39 is 16.6 Å². The topological polar surface area (TPSA) is 142 Å². The Morgan fingerprint density at radius 2 is 1.97 bits per heavy atom. The number of aryl methyl sites for hydroxylation is 2. The first kappa shape index (κ1) is 22.9. The molecule has 2 aliphatic rings. The predicted octanol–water partition coefficient (Wildman–Crippen LogP) is 2.78. The maximum absolute atomic E-state index is 13.4.